The number of ether oxygens (including phenoxy) is 1. The molecule has 0 bridgehead atoms. The number of hydrogen-bond acceptors (Lipinski definition) is 4. The van der Waals surface area contributed by atoms with Crippen LogP contribution in [-0.4, -0.2) is 42.9 Å². The molecule has 4 N–H and O–H groups in total. The molecule has 1 aliphatic carbocycles. The maximum Gasteiger partial charge on any atom is 0.239 e. The Balaban J connectivity index is 2.40. The summed E-state index contributed by atoms with van der Waals surface area (Å²) in [6.45, 7) is 4.06. The molecule has 1 aliphatic rings. The molecule has 1 amide bonds. The van der Waals surface area contributed by atoms with Gasteiger partial charge in [0.05, 0.1) is 12.7 Å². The van der Waals surface area contributed by atoms with Gasteiger partial charge < -0.3 is 20.9 Å². The molecular formula is C10H20N2O3. The van der Waals surface area contributed by atoms with Crippen molar-refractivity contribution < 1.29 is 14.6 Å². The van der Waals surface area contributed by atoms with E-state index in [1.54, 1.807) is 0 Å². The lowest BCUT2D eigenvalue weighted by molar-refractivity contribution is -0.131. The highest BCUT2D eigenvalue weighted by atomic mass is 16.5. The lowest BCUT2D eigenvalue weighted by Crippen LogP contribution is -2.63. The van der Waals surface area contributed by atoms with E-state index < -0.39 is 6.04 Å². The van der Waals surface area contributed by atoms with Gasteiger partial charge in [-0.05, 0) is 6.42 Å². The molecule has 1 rings (SSSR count). The van der Waals surface area contributed by atoms with E-state index in [9.17, 15) is 9.90 Å². The van der Waals surface area contributed by atoms with Crippen molar-refractivity contribution in [3.63, 3.8) is 0 Å². The molecule has 1 saturated carbocycles. The summed E-state index contributed by atoms with van der Waals surface area (Å²) < 4.78 is 4.80. The number of carbonyl (C=O) groups is 1. The van der Waals surface area contributed by atoms with Crippen LogP contribution in [0, 0.1) is 5.41 Å². The summed E-state index contributed by atoms with van der Waals surface area (Å²) in [5.41, 5.74) is 5.32. The Morgan fingerprint density at radius 2 is 2.33 bits per heavy atom. The van der Waals surface area contributed by atoms with Gasteiger partial charge in [-0.1, -0.05) is 13.8 Å². The molecule has 0 aromatic carbocycles. The van der Waals surface area contributed by atoms with Crippen LogP contribution >= 0.6 is 0 Å². The highest BCUT2D eigenvalue weighted by Crippen LogP contribution is 2.40. The van der Waals surface area contributed by atoms with Crippen molar-refractivity contribution in [2.75, 3.05) is 13.7 Å². The molecule has 88 valence electrons. The van der Waals surface area contributed by atoms with E-state index in [4.69, 9.17) is 10.5 Å². The Kier molecular flexibility index (Phi) is 3.70. The lowest BCUT2D eigenvalue weighted by atomic mass is 9.64. The van der Waals surface area contributed by atoms with E-state index in [2.05, 4.69) is 5.32 Å². The molecule has 3 unspecified atom stereocenters. The predicted octanol–water partition coefficient (Wildman–Crippen LogP) is -0.764. The Bertz CT molecular complexity index is 243. The first-order valence-corrected chi connectivity index (χ1v) is 5.12. The molecular weight excluding hydrogens is 196 g/mol. The average Bonchev–Trinajstić information content (AvgIpc) is 2.17. The fourth-order valence-corrected chi connectivity index (χ4v) is 1.68. The summed E-state index contributed by atoms with van der Waals surface area (Å²) >= 11 is 0. The number of nitrogens with two attached hydrogens (primary N) is 1. The van der Waals surface area contributed by atoms with E-state index in [-0.39, 0.29) is 30.1 Å². The lowest BCUT2D eigenvalue weighted by Gasteiger charge is -2.49. The van der Waals surface area contributed by atoms with Gasteiger partial charge in [0.2, 0.25) is 5.91 Å². The number of nitrogens with one attached hydrogen (secondary N) is 1. The minimum absolute atomic E-state index is 0.00269. The summed E-state index contributed by atoms with van der Waals surface area (Å²) in [5, 5.41) is 12.3. The highest BCUT2D eigenvalue weighted by molar-refractivity contribution is 5.82. The van der Waals surface area contributed by atoms with Crippen molar-refractivity contribution in [1.29, 1.82) is 0 Å². The monoisotopic (exact) mass is 216 g/mol. The molecule has 0 aliphatic heterocycles. The van der Waals surface area contributed by atoms with E-state index in [0.29, 0.717) is 6.42 Å². The van der Waals surface area contributed by atoms with Crippen LogP contribution < -0.4 is 11.1 Å². The molecule has 0 spiro atoms. The topological polar surface area (TPSA) is 84.6 Å². The van der Waals surface area contributed by atoms with Gasteiger partial charge in [0.15, 0.2) is 0 Å². The smallest absolute Gasteiger partial charge is 0.239 e. The zero-order chi connectivity index (χ0) is 11.6. The normalized spacial score (nSPS) is 30.5. The quantitative estimate of drug-likeness (QED) is 0.576. The van der Waals surface area contributed by atoms with Gasteiger partial charge in [-0.2, -0.15) is 0 Å². The van der Waals surface area contributed by atoms with Gasteiger partial charge in [0.25, 0.3) is 0 Å². The van der Waals surface area contributed by atoms with Crippen LogP contribution in [0.4, 0.5) is 0 Å². The number of aliphatic hydroxyl groups excluding tert-OH is 1. The SMILES string of the molecule is COCC(N)C(=O)NC1CC(O)C1(C)C. The second kappa shape index (κ2) is 4.47. The number of aliphatic hydroxyl groups is 1. The molecule has 15 heavy (non-hydrogen) atoms. The standard InChI is InChI=1S/C10H20N2O3/c1-10(2)7(4-8(10)13)12-9(14)6(11)5-15-3/h6-8,13H,4-5,11H2,1-3H3,(H,12,14). The molecule has 1 fully saturated rings. The second-order valence-corrected chi connectivity index (χ2v) is 4.70. The van der Waals surface area contributed by atoms with E-state index in [1.807, 2.05) is 13.8 Å². The molecule has 0 aromatic rings. The van der Waals surface area contributed by atoms with Crippen molar-refractivity contribution in [2.45, 2.75) is 38.5 Å². The van der Waals surface area contributed by atoms with Crippen LogP contribution in [0.15, 0.2) is 0 Å². The molecule has 0 saturated heterocycles. The Morgan fingerprint density at radius 1 is 1.73 bits per heavy atom. The molecule has 3 atom stereocenters. The molecule has 0 aromatic heterocycles. The molecule has 5 heteroatoms. The summed E-state index contributed by atoms with van der Waals surface area (Å²) in [7, 11) is 1.50. The number of amides is 1. The Labute approximate surface area is 90.0 Å². The Morgan fingerprint density at radius 3 is 2.73 bits per heavy atom. The van der Waals surface area contributed by atoms with Gasteiger partial charge in [-0.3, -0.25) is 4.79 Å². The van der Waals surface area contributed by atoms with Crippen LogP contribution in [0.5, 0.6) is 0 Å². The molecule has 5 nitrogen and oxygen atoms in total. The van der Waals surface area contributed by atoms with Gasteiger partial charge >= 0.3 is 0 Å². The first-order chi connectivity index (χ1) is 6.89. The second-order valence-electron chi connectivity index (χ2n) is 4.70. The summed E-state index contributed by atoms with van der Waals surface area (Å²) in [5.74, 6) is -0.221. The van der Waals surface area contributed by atoms with Crippen LogP contribution in [0.3, 0.4) is 0 Å². The van der Waals surface area contributed by atoms with Crippen molar-refractivity contribution in [3.05, 3.63) is 0 Å². The number of hydrogen-bond donors (Lipinski definition) is 3. The van der Waals surface area contributed by atoms with Crippen molar-refractivity contribution in [3.8, 4) is 0 Å². The zero-order valence-electron chi connectivity index (χ0n) is 9.49. The third-order valence-electron chi connectivity index (χ3n) is 3.22. The first kappa shape index (κ1) is 12.4. The van der Waals surface area contributed by atoms with E-state index in [0.717, 1.165) is 0 Å². The minimum atomic E-state index is -0.636. The minimum Gasteiger partial charge on any atom is -0.392 e. The average molecular weight is 216 g/mol. The van der Waals surface area contributed by atoms with Gasteiger partial charge in [-0.25, -0.2) is 0 Å². The summed E-state index contributed by atoms with van der Waals surface area (Å²) in [6, 6.07) is -0.633. The predicted molar refractivity (Wildman–Crippen MR) is 56.2 cm³/mol. The van der Waals surface area contributed by atoms with Crippen LogP contribution in [-0.2, 0) is 9.53 Å². The number of methoxy groups -OCH3 is 1. The van der Waals surface area contributed by atoms with Crippen LogP contribution in [0.1, 0.15) is 20.3 Å². The van der Waals surface area contributed by atoms with E-state index >= 15 is 0 Å². The molecule has 0 heterocycles. The van der Waals surface area contributed by atoms with Gasteiger partial charge in [0, 0.05) is 18.6 Å². The third-order valence-corrected chi connectivity index (χ3v) is 3.22. The first-order valence-electron chi connectivity index (χ1n) is 5.12. The summed E-state index contributed by atoms with van der Waals surface area (Å²) in [4.78, 5) is 11.5. The number of rotatable bonds is 4. The molecule has 0 radical (unpaired) electrons. The van der Waals surface area contributed by atoms with Crippen molar-refractivity contribution >= 4 is 5.91 Å². The van der Waals surface area contributed by atoms with Crippen LogP contribution in [0.25, 0.3) is 0 Å². The van der Waals surface area contributed by atoms with Crippen LogP contribution in [0.2, 0.25) is 0 Å². The fraction of sp³-hybridized carbons (Fsp3) is 0.900. The fourth-order valence-electron chi connectivity index (χ4n) is 1.68. The largest absolute Gasteiger partial charge is 0.392 e. The summed E-state index contributed by atoms with van der Waals surface area (Å²) in [6.07, 6.45) is 0.250. The zero-order valence-corrected chi connectivity index (χ0v) is 9.49. The van der Waals surface area contributed by atoms with E-state index in [1.165, 1.54) is 7.11 Å². The number of carbonyl (C=O) groups excluding carboxylic acids is 1. The van der Waals surface area contributed by atoms with Crippen molar-refractivity contribution in [1.82, 2.24) is 5.32 Å². The van der Waals surface area contributed by atoms with Gasteiger partial charge in [-0.15, -0.1) is 0 Å². The Hall–Kier alpha value is -0.650. The maximum atomic E-state index is 11.5. The van der Waals surface area contributed by atoms with Crippen molar-refractivity contribution in [2.24, 2.45) is 11.1 Å². The third kappa shape index (κ3) is 2.48. The maximum absolute atomic E-state index is 11.5. The highest BCUT2D eigenvalue weighted by Gasteiger charge is 2.48. The van der Waals surface area contributed by atoms with Gasteiger partial charge in [0.1, 0.15) is 6.04 Å².